The van der Waals surface area contributed by atoms with E-state index in [0.29, 0.717) is 27.1 Å². The molecule has 24 heavy (non-hydrogen) atoms. The molecule has 0 saturated heterocycles. The molecule has 0 spiro atoms. The molecule has 1 aromatic carbocycles. The van der Waals surface area contributed by atoms with Gasteiger partial charge in [-0.2, -0.15) is 5.26 Å². The molecule has 0 bridgehead atoms. The molecule has 6 heteroatoms. The molecule has 0 fully saturated rings. The van der Waals surface area contributed by atoms with Gasteiger partial charge in [-0.1, -0.05) is 36.2 Å². The zero-order valence-electron chi connectivity index (χ0n) is 13.3. The van der Waals surface area contributed by atoms with Crippen LogP contribution in [-0.4, -0.2) is 11.9 Å². The van der Waals surface area contributed by atoms with Gasteiger partial charge in [-0.15, -0.1) is 0 Å². The Labute approximate surface area is 150 Å². The van der Waals surface area contributed by atoms with E-state index < -0.39 is 5.91 Å². The predicted molar refractivity (Wildman–Crippen MR) is 95.6 cm³/mol. The van der Waals surface area contributed by atoms with E-state index in [0.717, 1.165) is 6.42 Å². The van der Waals surface area contributed by atoms with Crippen LogP contribution in [0, 0.1) is 11.3 Å². The molecule has 0 aliphatic rings. The van der Waals surface area contributed by atoms with E-state index in [4.69, 9.17) is 27.6 Å². The minimum absolute atomic E-state index is 0.00770. The van der Waals surface area contributed by atoms with Gasteiger partial charge in [0.25, 0.3) is 5.91 Å². The number of furan rings is 1. The van der Waals surface area contributed by atoms with Gasteiger partial charge in [0.2, 0.25) is 0 Å². The van der Waals surface area contributed by atoms with Crippen LogP contribution in [0.4, 0.5) is 0 Å². The van der Waals surface area contributed by atoms with Crippen molar-refractivity contribution in [2.24, 2.45) is 0 Å². The Balaban J connectivity index is 2.28. The van der Waals surface area contributed by atoms with Crippen LogP contribution in [0.15, 0.2) is 40.3 Å². The smallest absolute Gasteiger partial charge is 0.262 e. The molecule has 1 atom stereocenters. The van der Waals surface area contributed by atoms with Crippen LogP contribution in [0.2, 0.25) is 10.0 Å². The Morgan fingerprint density at radius 2 is 2.12 bits per heavy atom. The lowest BCUT2D eigenvalue weighted by molar-refractivity contribution is -0.117. The number of hydrogen-bond donors (Lipinski definition) is 1. The second-order valence-corrected chi connectivity index (χ2v) is 6.04. The van der Waals surface area contributed by atoms with Crippen LogP contribution in [0.1, 0.15) is 26.0 Å². The first-order valence-electron chi connectivity index (χ1n) is 7.43. The fraction of sp³-hybridized carbons (Fsp3) is 0.222. The summed E-state index contributed by atoms with van der Waals surface area (Å²) in [4.78, 5) is 12.0. The molecular formula is C18H16Cl2N2O2. The highest BCUT2D eigenvalue weighted by Crippen LogP contribution is 2.34. The molecule has 1 aromatic heterocycles. The Hall–Kier alpha value is -2.22. The molecule has 4 nitrogen and oxygen atoms in total. The summed E-state index contributed by atoms with van der Waals surface area (Å²) in [6.45, 7) is 3.83. The number of hydrogen-bond acceptors (Lipinski definition) is 3. The van der Waals surface area contributed by atoms with Crippen molar-refractivity contribution < 1.29 is 9.21 Å². The summed E-state index contributed by atoms with van der Waals surface area (Å²) in [7, 11) is 0. The summed E-state index contributed by atoms with van der Waals surface area (Å²) in [5.41, 5.74) is 0.625. The molecule has 2 aromatic rings. The second-order valence-electron chi connectivity index (χ2n) is 5.26. The minimum Gasteiger partial charge on any atom is -0.457 e. The zero-order chi connectivity index (χ0) is 17.7. The number of nitrogens with zero attached hydrogens (tertiary/aromatic N) is 1. The summed E-state index contributed by atoms with van der Waals surface area (Å²) >= 11 is 12.2. The van der Waals surface area contributed by atoms with Gasteiger partial charge in [0.15, 0.2) is 0 Å². The van der Waals surface area contributed by atoms with Crippen molar-refractivity contribution >= 4 is 35.2 Å². The van der Waals surface area contributed by atoms with Crippen molar-refractivity contribution in [1.29, 1.82) is 5.26 Å². The lowest BCUT2D eigenvalue weighted by atomic mass is 10.2. The van der Waals surface area contributed by atoms with Gasteiger partial charge in [0.1, 0.15) is 23.2 Å². The third-order valence-electron chi connectivity index (χ3n) is 3.49. The molecule has 2 rings (SSSR count). The van der Waals surface area contributed by atoms with Crippen molar-refractivity contribution in [3.05, 3.63) is 51.7 Å². The molecule has 1 N–H and O–H groups in total. The number of nitrogens with one attached hydrogen (secondary N) is 1. The van der Waals surface area contributed by atoms with E-state index in [-0.39, 0.29) is 11.6 Å². The van der Waals surface area contributed by atoms with Gasteiger partial charge in [-0.25, -0.2) is 0 Å². The van der Waals surface area contributed by atoms with Gasteiger partial charge in [0, 0.05) is 17.7 Å². The molecular weight excluding hydrogens is 347 g/mol. The first-order chi connectivity index (χ1) is 11.5. The highest BCUT2D eigenvalue weighted by molar-refractivity contribution is 6.43. The third-order valence-corrected chi connectivity index (χ3v) is 4.30. The fourth-order valence-corrected chi connectivity index (χ4v) is 2.36. The van der Waals surface area contributed by atoms with E-state index in [1.807, 2.05) is 19.9 Å². The van der Waals surface area contributed by atoms with Crippen molar-refractivity contribution in [2.45, 2.75) is 26.3 Å². The summed E-state index contributed by atoms with van der Waals surface area (Å²) in [5.74, 6) is 0.468. The number of rotatable bonds is 5. The van der Waals surface area contributed by atoms with Gasteiger partial charge in [0.05, 0.1) is 10.0 Å². The van der Waals surface area contributed by atoms with E-state index in [2.05, 4.69) is 5.32 Å². The summed E-state index contributed by atoms with van der Waals surface area (Å²) < 4.78 is 5.67. The lowest BCUT2D eigenvalue weighted by Gasteiger charge is -2.10. The van der Waals surface area contributed by atoms with Crippen LogP contribution >= 0.6 is 23.2 Å². The maximum absolute atomic E-state index is 12.0. The SMILES string of the molecule is CC[C@@H](C)NC(=O)/C(C#N)=C/c1ccc(-c2cccc(Cl)c2Cl)o1. The Bertz CT molecular complexity index is 819. The molecule has 0 aliphatic carbocycles. The number of amides is 1. The molecule has 124 valence electrons. The second kappa shape index (κ2) is 8.05. The molecule has 0 saturated carbocycles. The van der Waals surface area contributed by atoms with E-state index >= 15 is 0 Å². The first-order valence-corrected chi connectivity index (χ1v) is 8.18. The highest BCUT2D eigenvalue weighted by atomic mass is 35.5. The number of carbonyl (C=O) groups is 1. The van der Waals surface area contributed by atoms with E-state index in [9.17, 15) is 10.1 Å². The van der Waals surface area contributed by atoms with Crippen molar-refractivity contribution in [2.75, 3.05) is 0 Å². The molecule has 0 unspecified atom stereocenters. The maximum Gasteiger partial charge on any atom is 0.262 e. The monoisotopic (exact) mass is 362 g/mol. The highest BCUT2D eigenvalue weighted by Gasteiger charge is 2.14. The van der Waals surface area contributed by atoms with Crippen LogP contribution in [0.5, 0.6) is 0 Å². The largest absolute Gasteiger partial charge is 0.457 e. The Morgan fingerprint density at radius 3 is 2.79 bits per heavy atom. The Morgan fingerprint density at radius 1 is 1.38 bits per heavy atom. The van der Waals surface area contributed by atoms with Crippen LogP contribution in [-0.2, 0) is 4.79 Å². The minimum atomic E-state index is -0.425. The third kappa shape index (κ3) is 4.19. The topological polar surface area (TPSA) is 66.0 Å². The molecule has 1 heterocycles. The number of halogens is 2. The summed E-state index contributed by atoms with van der Waals surface area (Å²) in [6, 6.07) is 10.5. The van der Waals surface area contributed by atoms with Gasteiger partial charge >= 0.3 is 0 Å². The zero-order valence-corrected chi connectivity index (χ0v) is 14.8. The maximum atomic E-state index is 12.0. The standard InChI is InChI=1S/C18H16Cl2N2O2/c1-3-11(2)22-18(23)12(10-21)9-13-7-8-16(24-13)14-5-4-6-15(19)17(14)20/h4-9,11H,3H2,1-2H3,(H,22,23)/b12-9+/t11-/m1/s1. The number of nitriles is 1. The van der Waals surface area contributed by atoms with Crippen molar-refractivity contribution in [1.82, 2.24) is 5.32 Å². The number of carbonyl (C=O) groups excluding carboxylic acids is 1. The fourth-order valence-electron chi connectivity index (χ4n) is 1.96. The van der Waals surface area contributed by atoms with Crippen LogP contribution < -0.4 is 5.32 Å². The summed E-state index contributed by atoms with van der Waals surface area (Å²) in [6.07, 6.45) is 2.18. The predicted octanol–water partition coefficient (Wildman–Crippen LogP) is 5.08. The average molecular weight is 363 g/mol. The van der Waals surface area contributed by atoms with E-state index in [1.54, 1.807) is 30.3 Å². The Kier molecular flexibility index (Phi) is 6.08. The summed E-state index contributed by atoms with van der Waals surface area (Å²) in [5, 5.41) is 12.7. The lowest BCUT2D eigenvalue weighted by Crippen LogP contribution is -2.32. The number of benzene rings is 1. The van der Waals surface area contributed by atoms with Crippen LogP contribution in [0.3, 0.4) is 0 Å². The normalized spacial score (nSPS) is 12.5. The van der Waals surface area contributed by atoms with Gasteiger partial charge in [-0.3, -0.25) is 4.79 Å². The molecule has 1 amide bonds. The van der Waals surface area contributed by atoms with Gasteiger partial charge < -0.3 is 9.73 Å². The van der Waals surface area contributed by atoms with Gasteiger partial charge in [-0.05, 0) is 37.6 Å². The quantitative estimate of drug-likeness (QED) is 0.595. The van der Waals surface area contributed by atoms with E-state index in [1.165, 1.54) is 6.08 Å². The molecule has 0 radical (unpaired) electrons. The van der Waals surface area contributed by atoms with Crippen LogP contribution in [0.25, 0.3) is 17.4 Å². The van der Waals surface area contributed by atoms with Crippen molar-refractivity contribution in [3.8, 4) is 17.4 Å². The molecule has 0 aliphatic heterocycles. The average Bonchev–Trinajstić information content (AvgIpc) is 3.03. The van der Waals surface area contributed by atoms with Crippen molar-refractivity contribution in [3.63, 3.8) is 0 Å². The first kappa shape index (κ1) is 18.1.